The van der Waals surface area contributed by atoms with Crippen LogP contribution in [0.5, 0.6) is 5.75 Å². The van der Waals surface area contributed by atoms with E-state index in [1.807, 2.05) is 0 Å². The first kappa shape index (κ1) is 14.1. The molecule has 0 heterocycles. The summed E-state index contributed by atoms with van der Waals surface area (Å²) in [6.07, 6.45) is 0. The maximum Gasteiger partial charge on any atom is 1.00 e. The molecule has 13 heavy (non-hydrogen) atoms. The Morgan fingerprint density at radius 1 is 1.08 bits per heavy atom. The molecule has 0 radical (unpaired) electrons. The van der Waals surface area contributed by atoms with Crippen molar-refractivity contribution in [2.75, 3.05) is 0 Å². The minimum Gasteiger partial charge on any atom is -0.869 e. The molecule has 0 unspecified atom stereocenters. The third-order valence-electron chi connectivity index (χ3n) is 1.17. The summed E-state index contributed by atoms with van der Waals surface area (Å²) in [6, 6.07) is 3.07. The van der Waals surface area contributed by atoms with E-state index in [0.29, 0.717) is 4.47 Å². The molecule has 0 spiro atoms. The van der Waals surface area contributed by atoms with Gasteiger partial charge in [0.05, 0.1) is 4.47 Å². The van der Waals surface area contributed by atoms with Gasteiger partial charge in [-0.05, 0) is 33.8 Å². The Morgan fingerprint density at radius 2 is 1.54 bits per heavy atom. The molecule has 0 atom stereocenters. The summed E-state index contributed by atoms with van der Waals surface area (Å²) in [4.78, 5) is 11.1. The van der Waals surface area contributed by atoms with Gasteiger partial charge in [0.25, 0.3) is 0 Å². The van der Waals surface area contributed by atoms with Crippen molar-refractivity contribution >= 4 is 47.8 Å². The zero-order valence-corrected chi connectivity index (χ0v) is 13.4. The second-order valence-electron chi connectivity index (χ2n) is 2.03. The molecule has 0 bridgehead atoms. The van der Waals surface area contributed by atoms with Crippen LogP contribution in [0.2, 0.25) is 0 Å². The molecular weight excluding hydrogens is 379 g/mol. The third-order valence-corrected chi connectivity index (χ3v) is 2.81. The molecule has 0 amide bonds. The van der Waals surface area contributed by atoms with Crippen LogP contribution in [-0.2, 0) is 0 Å². The zero-order chi connectivity index (χ0) is 9.30. The maximum atomic E-state index is 11.1. The standard InChI is InChI=1S/C7H3Br3O2.Na/c8-3-1-4(9)6(11)7(12)5(10)2-3;/h1-2H,(H,11,12);/q;+1/p-1. The predicted molar refractivity (Wildman–Crippen MR) is 55.3 cm³/mol. The molecule has 0 saturated carbocycles. The first-order valence-corrected chi connectivity index (χ1v) is 5.26. The van der Waals surface area contributed by atoms with Gasteiger partial charge < -0.3 is 5.11 Å². The van der Waals surface area contributed by atoms with Crippen molar-refractivity contribution in [2.24, 2.45) is 0 Å². The van der Waals surface area contributed by atoms with Crippen molar-refractivity contribution in [1.29, 1.82) is 0 Å². The topological polar surface area (TPSA) is 40.1 Å². The molecule has 1 rings (SSSR count). The van der Waals surface area contributed by atoms with Crippen molar-refractivity contribution < 1.29 is 34.7 Å². The summed E-state index contributed by atoms with van der Waals surface area (Å²) in [5.41, 5.74) is -0.549. The van der Waals surface area contributed by atoms with Crippen LogP contribution in [0, 0.1) is 0 Å². The van der Waals surface area contributed by atoms with Gasteiger partial charge >= 0.3 is 29.6 Å². The molecule has 0 N–H and O–H groups in total. The minimum absolute atomic E-state index is 0. The Hall–Kier alpha value is 1.13. The van der Waals surface area contributed by atoms with E-state index in [1.165, 1.54) is 12.1 Å². The molecule has 0 fully saturated rings. The first-order valence-electron chi connectivity index (χ1n) is 2.88. The quantitative estimate of drug-likeness (QED) is 0.565. The molecule has 1 aromatic rings. The molecule has 64 valence electrons. The molecule has 0 aliphatic carbocycles. The monoisotopic (exact) mass is 378 g/mol. The first-order chi connectivity index (χ1) is 5.52. The average Bonchev–Trinajstić information content (AvgIpc) is 2.05. The van der Waals surface area contributed by atoms with Crippen LogP contribution in [0.4, 0.5) is 0 Å². The van der Waals surface area contributed by atoms with Gasteiger partial charge in [-0.1, -0.05) is 31.9 Å². The van der Waals surface area contributed by atoms with Gasteiger partial charge in [-0.25, -0.2) is 0 Å². The summed E-state index contributed by atoms with van der Waals surface area (Å²) in [7, 11) is 0. The van der Waals surface area contributed by atoms with Crippen LogP contribution in [0.3, 0.4) is 0 Å². The van der Waals surface area contributed by atoms with Crippen molar-refractivity contribution in [3.05, 3.63) is 35.8 Å². The summed E-state index contributed by atoms with van der Waals surface area (Å²) < 4.78 is 1.18. The van der Waals surface area contributed by atoms with E-state index in [9.17, 15) is 9.90 Å². The van der Waals surface area contributed by atoms with E-state index in [0.717, 1.165) is 0 Å². The van der Waals surface area contributed by atoms with Crippen LogP contribution in [0.25, 0.3) is 0 Å². The van der Waals surface area contributed by atoms with E-state index < -0.39 is 11.2 Å². The average molecular weight is 381 g/mol. The summed E-state index contributed by atoms with van der Waals surface area (Å²) >= 11 is 9.17. The van der Waals surface area contributed by atoms with Gasteiger partial charge in [-0.15, -0.1) is 0 Å². The molecule has 0 saturated heterocycles. The number of rotatable bonds is 0. The van der Waals surface area contributed by atoms with E-state index in [2.05, 4.69) is 47.8 Å². The Bertz CT molecular complexity index is 381. The van der Waals surface area contributed by atoms with Crippen LogP contribution in [-0.4, -0.2) is 0 Å². The normalized spacial score (nSPS) is 9.15. The Balaban J connectivity index is 0.00000144. The Morgan fingerprint density at radius 3 is 2.08 bits per heavy atom. The number of halogens is 3. The Labute approximate surface area is 122 Å². The number of hydrogen-bond acceptors (Lipinski definition) is 2. The molecule has 2 nitrogen and oxygen atoms in total. The van der Waals surface area contributed by atoms with Gasteiger partial charge in [-0.3, -0.25) is 4.79 Å². The van der Waals surface area contributed by atoms with Crippen molar-refractivity contribution in [1.82, 2.24) is 0 Å². The summed E-state index contributed by atoms with van der Waals surface area (Å²) in [6.45, 7) is 0. The second kappa shape index (κ2) is 5.88. The maximum absolute atomic E-state index is 11.1. The van der Waals surface area contributed by atoms with Gasteiger partial charge in [-0.2, -0.15) is 0 Å². The predicted octanol–water partition coefficient (Wildman–Crippen LogP) is -0.588. The van der Waals surface area contributed by atoms with Gasteiger partial charge in [0.1, 0.15) is 0 Å². The van der Waals surface area contributed by atoms with E-state index in [-0.39, 0.29) is 38.5 Å². The van der Waals surface area contributed by atoms with Crippen LogP contribution in [0.15, 0.2) is 30.3 Å². The van der Waals surface area contributed by atoms with Crippen molar-refractivity contribution in [2.45, 2.75) is 0 Å². The van der Waals surface area contributed by atoms with E-state index >= 15 is 0 Å². The van der Waals surface area contributed by atoms with Gasteiger partial charge in [0.15, 0.2) is 5.43 Å². The molecular formula is C7H2Br3NaO2. The van der Waals surface area contributed by atoms with Crippen LogP contribution < -0.4 is 40.1 Å². The largest absolute Gasteiger partial charge is 1.00 e. The fourth-order valence-electron chi connectivity index (χ4n) is 0.632. The zero-order valence-electron chi connectivity index (χ0n) is 6.61. The Kier molecular flexibility index (Phi) is 6.39. The van der Waals surface area contributed by atoms with E-state index in [4.69, 9.17) is 0 Å². The van der Waals surface area contributed by atoms with E-state index in [1.54, 1.807) is 0 Å². The van der Waals surface area contributed by atoms with Gasteiger partial charge in [0.2, 0.25) is 0 Å². The minimum atomic E-state index is -0.549. The third kappa shape index (κ3) is 3.64. The van der Waals surface area contributed by atoms with Crippen LogP contribution in [0.1, 0.15) is 0 Å². The summed E-state index contributed by atoms with van der Waals surface area (Å²) in [5.74, 6) is -0.549. The fourth-order valence-corrected chi connectivity index (χ4v) is 2.56. The second-order valence-corrected chi connectivity index (χ2v) is 4.65. The molecule has 0 aliphatic heterocycles. The smallest absolute Gasteiger partial charge is 0.869 e. The molecule has 0 aliphatic rings. The fraction of sp³-hybridized carbons (Fsp3) is 0. The molecule has 0 aromatic heterocycles. The van der Waals surface area contributed by atoms with Crippen molar-refractivity contribution in [3.63, 3.8) is 0 Å². The molecule has 1 aromatic carbocycles. The number of hydrogen-bond donors (Lipinski definition) is 0. The van der Waals surface area contributed by atoms with Gasteiger partial charge in [0, 0.05) is 8.95 Å². The summed E-state index contributed by atoms with van der Waals surface area (Å²) in [5, 5.41) is 11.1. The van der Waals surface area contributed by atoms with Crippen LogP contribution >= 0.6 is 47.8 Å². The SMILES string of the molecule is O=c1c(Br)cc(Br)cc(Br)c1[O-].[Na+]. The molecule has 6 heteroatoms. The van der Waals surface area contributed by atoms with Crippen molar-refractivity contribution in [3.8, 4) is 5.75 Å².